The summed E-state index contributed by atoms with van der Waals surface area (Å²) in [6.45, 7) is 3.95. The van der Waals surface area contributed by atoms with Gasteiger partial charge in [0.15, 0.2) is 0 Å². The van der Waals surface area contributed by atoms with Gasteiger partial charge in [0.05, 0.1) is 19.4 Å². The van der Waals surface area contributed by atoms with Gasteiger partial charge in [-0.15, -0.1) is 0 Å². The number of fused-ring (bicyclic) bond motifs is 1. The predicted molar refractivity (Wildman–Crippen MR) is 82.6 cm³/mol. The molecule has 1 unspecified atom stereocenters. The molecular formula is C12H20N5O4P. The molecule has 0 spiro atoms. The average molecular weight is 329 g/mol. The van der Waals surface area contributed by atoms with Crippen molar-refractivity contribution in [2.45, 2.75) is 26.2 Å². The van der Waals surface area contributed by atoms with Gasteiger partial charge >= 0.3 is 7.60 Å². The number of anilines is 3. The lowest BCUT2D eigenvalue weighted by molar-refractivity contribution is -0.116. The van der Waals surface area contributed by atoms with Gasteiger partial charge < -0.3 is 25.8 Å². The third-order valence-corrected chi connectivity index (χ3v) is 5.38. The van der Waals surface area contributed by atoms with Crippen molar-refractivity contribution in [2.24, 2.45) is 0 Å². The molecule has 0 saturated carbocycles. The van der Waals surface area contributed by atoms with Gasteiger partial charge in [-0.2, -0.15) is 9.97 Å². The number of carbonyl (C=O) groups excluding carboxylic acids is 1. The zero-order chi connectivity index (χ0) is 16.3. The molecule has 0 aliphatic carbocycles. The summed E-state index contributed by atoms with van der Waals surface area (Å²) in [5.41, 5.74) is 12.0. The van der Waals surface area contributed by atoms with Gasteiger partial charge in [0.2, 0.25) is 11.9 Å². The average Bonchev–Trinajstić information content (AvgIpc) is 2.36. The van der Waals surface area contributed by atoms with Crippen LogP contribution in [0.2, 0.25) is 0 Å². The molecular weight excluding hydrogens is 309 g/mol. The Morgan fingerprint density at radius 3 is 2.50 bits per heavy atom. The maximum absolute atomic E-state index is 12.7. The van der Waals surface area contributed by atoms with E-state index in [1.54, 1.807) is 13.8 Å². The molecule has 2 heterocycles. The number of aromatic nitrogens is 2. The van der Waals surface area contributed by atoms with E-state index in [-0.39, 0.29) is 49.3 Å². The van der Waals surface area contributed by atoms with Crippen LogP contribution in [-0.2, 0) is 18.4 Å². The number of carbonyl (C=O) groups is 1. The van der Waals surface area contributed by atoms with Gasteiger partial charge in [0, 0.05) is 17.9 Å². The predicted octanol–water partition coefficient (Wildman–Crippen LogP) is 1.33. The minimum absolute atomic E-state index is 0.0324. The number of nitrogens with one attached hydrogen (secondary N) is 1. The number of nitrogens with two attached hydrogens (primary N) is 2. The summed E-state index contributed by atoms with van der Waals surface area (Å²) in [4.78, 5) is 19.7. The first-order valence-corrected chi connectivity index (χ1v) is 8.72. The van der Waals surface area contributed by atoms with Gasteiger partial charge in [-0.3, -0.25) is 9.36 Å². The van der Waals surface area contributed by atoms with Crippen molar-refractivity contribution in [3.05, 3.63) is 5.56 Å². The molecule has 9 nitrogen and oxygen atoms in total. The third kappa shape index (κ3) is 3.55. The number of rotatable bonds is 6. The zero-order valence-electron chi connectivity index (χ0n) is 12.5. The van der Waals surface area contributed by atoms with Crippen molar-refractivity contribution >= 4 is 31.1 Å². The van der Waals surface area contributed by atoms with E-state index in [0.29, 0.717) is 5.56 Å². The molecule has 0 radical (unpaired) electrons. The topological polar surface area (TPSA) is 142 Å². The smallest absolute Gasteiger partial charge is 0.331 e. The Labute approximate surface area is 128 Å². The van der Waals surface area contributed by atoms with Crippen LogP contribution in [0.3, 0.4) is 0 Å². The molecule has 122 valence electrons. The summed E-state index contributed by atoms with van der Waals surface area (Å²) < 4.78 is 23.3. The van der Waals surface area contributed by atoms with E-state index in [9.17, 15) is 9.36 Å². The minimum Gasteiger partial charge on any atom is -0.383 e. The second-order valence-corrected chi connectivity index (χ2v) is 6.91. The highest BCUT2D eigenvalue weighted by atomic mass is 31.2. The molecule has 1 atom stereocenters. The van der Waals surface area contributed by atoms with Gasteiger partial charge in [-0.1, -0.05) is 0 Å². The number of amides is 1. The van der Waals surface area contributed by atoms with Crippen LogP contribution in [-0.4, -0.2) is 35.3 Å². The van der Waals surface area contributed by atoms with Gasteiger partial charge in [-0.25, -0.2) is 0 Å². The monoisotopic (exact) mass is 329 g/mol. The fraction of sp³-hybridized carbons (Fsp3) is 0.583. The van der Waals surface area contributed by atoms with Crippen LogP contribution >= 0.6 is 7.60 Å². The lowest BCUT2D eigenvalue weighted by atomic mass is 9.95. The largest absolute Gasteiger partial charge is 0.383 e. The van der Waals surface area contributed by atoms with Crippen molar-refractivity contribution in [2.75, 3.05) is 36.2 Å². The molecule has 0 saturated heterocycles. The van der Waals surface area contributed by atoms with Crippen molar-refractivity contribution in [3.8, 4) is 0 Å². The summed E-state index contributed by atoms with van der Waals surface area (Å²) >= 11 is 0. The summed E-state index contributed by atoms with van der Waals surface area (Å²) in [5, 5.41) is 2.60. The highest BCUT2D eigenvalue weighted by Crippen LogP contribution is 2.53. The van der Waals surface area contributed by atoms with Gasteiger partial charge in [0.25, 0.3) is 0 Å². The highest BCUT2D eigenvalue weighted by Gasteiger charge is 2.36. The molecule has 1 amide bonds. The Morgan fingerprint density at radius 1 is 1.27 bits per heavy atom. The number of hydrogen-bond acceptors (Lipinski definition) is 8. The van der Waals surface area contributed by atoms with Crippen LogP contribution in [0.5, 0.6) is 0 Å². The molecule has 22 heavy (non-hydrogen) atoms. The lowest BCUT2D eigenvalue weighted by Crippen LogP contribution is -2.28. The highest BCUT2D eigenvalue weighted by molar-refractivity contribution is 7.53. The molecule has 10 heteroatoms. The van der Waals surface area contributed by atoms with Crippen LogP contribution in [0, 0.1) is 0 Å². The van der Waals surface area contributed by atoms with Gasteiger partial charge in [-0.05, 0) is 13.8 Å². The fourth-order valence-corrected chi connectivity index (χ4v) is 4.40. The van der Waals surface area contributed by atoms with E-state index in [4.69, 9.17) is 20.5 Å². The van der Waals surface area contributed by atoms with E-state index < -0.39 is 13.5 Å². The van der Waals surface area contributed by atoms with Crippen molar-refractivity contribution < 1.29 is 18.4 Å². The molecule has 5 N–H and O–H groups in total. The molecule has 0 aromatic carbocycles. The van der Waals surface area contributed by atoms with E-state index in [1.807, 2.05) is 0 Å². The maximum atomic E-state index is 12.7. The summed E-state index contributed by atoms with van der Waals surface area (Å²) in [5.74, 6) is -0.323. The van der Waals surface area contributed by atoms with Crippen molar-refractivity contribution in [1.29, 1.82) is 0 Å². The Hall–Kier alpha value is -1.70. The lowest BCUT2D eigenvalue weighted by Gasteiger charge is -2.28. The Kier molecular flexibility index (Phi) is 5.00. The molecule has 0 fully saturated rings. The Bertz CT molecular complexity index is 614. The first kappa shape index (κ1) is 16.7. The van der Waals surface area contributed by atoms with Crippen LogP contribution in [0.1, 0.15) is 31.7 Å². The number of nitrogen functional groups attached to an aromatic ring is 2. The molecule has 1 aliphatic heterocycles. The van der Waals surface area contributed by atoms with E-state index in [1.165, 1.54) is 0 Å². The molecule has 1 aliphatic rings. The van der Waals surface area contributed by atoms with E-state index in [0.717, 1.165) is 0 Å². The van der Waals surface area contributed by atoms with Crippen LogP contribution in [0.4, 0.5) is 17.6 Å². The van der Waals surface area contributed by atoms with Crippen molar-refractivity contribution in [1.82, 2.24) is 9.97 Å². The summed E-state index contributed by atoms with van der Waals surface area (Å²) in [6.07, 6.45) is 0.140. The summed E-state index contributed by atoms with van der Waals surface area (Å²) in [7, 11) is -3.32. The third-order valence-electron chi connectivity index (χ3n) is 3.19. The standard InChI is InChI=1S/C12H20N5O4P/c1-3-20-22(19,21-4-2)6-7-5-8(18)15-11-9(7)10(13)16-12(14)17-11/h7H,3-6H2,1-2H3,(H5,13,14,15,16,17,18). The van der Waals surface area contributed by atoms with E-state index >= 15 is 0 Å². The zero-order valence-corrected chi connectivity index (χ0v) is 13.4. The van der Waals surface area contributed by atoms with E-state index in [2.05, 4.69) is 15.3 Å². The Morgan fingerprint density at radius 2 is 1.91 bits per heavy atom. The molecule has 0 bridgehead atoms. The Balaban J connectivity index is 2.37. The number of nitrogens with zero attached hydrogens (tertiary/aromatic N) is 2. The first-order valence-electron chi connectivity index (χ1n) is 6.99. The molecule has 1 aromatic heterocycles. The normalized spacial score (nSPS) is 17.9. The minimum atomic E-state index is -3.32. The van der Waals surface area contributed by atoms with Crippen molar-refractivity contribution in [3.63, 3.8) is 0 Å². The first-order chi connectivity index (χ1) is 10.4. The second-order valence-electron chi connectivity index (χ2n) is 4.81. The SMILES string of the molecule is CCOP(=O)(CC1CC(=O)Nc2nc(N)nc(N)c21)OCC. The maximum Gasteiger partial charge on any atom is 0.331 e. The second kappa shape index (κ2) is 6.60. The van der Waals surface area contributed by atoms with Gasteiger partial charge in [0.1, 0.15) is 11.6 Å². The number of hydrogen-bond donors (Lipinski definition) is 3. The fourth-order valence-electron chi connectivity index (χ4n) is 2.47. The molecule has 2 rings (SSSR count). The molecule has 1 aromatic rings. The quantitative estimate of drug-likeness (QED) is 0.663. The van der Waals surface area contributed by atoms with Crippen LogP contribution < -0.4 is 16.8 Å². The van der Waals surface area contributed by atoms with Crippen LogP contribution in [0.15, 0.2) is 0 Å². The van der Waals surface area contributed by atoms with Crippen LogP contribution in [0.25, 0.3) is 0 Å². The summed E-state index contributed by atoms with van der Waals surface area (Å²) in [6, 6.07) is 0.